The van der Waals surface area contributed by atoms with Gasteiger partial charge >= 0.3 is 5.97 Å². The zero-order chi connectivity index (χ0) is 9.84. The Morgan fingerprint density at radius 1 is 1.29 bits per heavy atom. The number of aliphatic carboxylic acids is 1. The van der Waals surface area contributed by atoms with Crippen LogP contribution in [0, 0.1) is 0 Å². The highest BCUT2D eigenvalue weighted by molar-refractivity contribution is 5.73. The Kier molecular flexibility index (Phi) is 4.83. The van der Waals surface area contributed by atoms with E-state index < -0.39 is 18.1 Å². The van der Waals surface area contributed by atoms with Crippen LogP contribution in [0.1, 0.15) is 19.0 Å². The largest absolute Gasteiger partial charge is 0.479 e. The van der Waals surface area contributed by atoms with E-state index in [0.29, 0.717) is 5.56 Å². The number of benzene rings is 1. The van der Waals surface area contributed by atoms with Crippen molar-refractivity contribution in [3.05, 3.63) is 35.9 Å². The number of carboxylic acid groups (broad SMARTS) is 1. The Morgan fingerprint density at radius 3 is 2.21 bits per heavy atom. The summed E-state index contributed by atoms with van der Waals surface area (Å²) in [5.74, 6) is -1.31. The maximum Gasteiger partial charge on any atom is 0.334 e. The molecule has 78 valence electrons. The van der Waals surface area contributed by atoms with Gasteiger partial charge in [0.1, 0.15) is 0 Å². The molecule has 1 aromatic carbocycles. The number of aliphatic hydroxyl groups is 1. The molecule has 0 radical (unpaired) electrons. The summed E-state index contributed by atoms with van der Waals surface area (Å²) in [6, 6.07) is 7.75. The minimum Gasteiger partial charge on any atom is -0.479 e. The minimum atomic E-state index is -1.55. The highest BCUT2D eigenvalue weighted by Gasteiger charge is 2.22. The van der Waals surface area contributed by atoms with Gasteiger partial charge in [-0.15, -0.1) is 0 Å². The Labute approximate surface area is 83.0 Å². The van der Waals surface area contributed by atoms with E-state index in [0.717, 1.165) is 0 Å². The molecule has 0 fully saturated rings. The van der Waals surface area contributed by atoms with Gasteiger partial charge in [0.05, 0.1) is 6.04 Å². The average molecular weight is 197 g/mol. The van der Waals surface area contributed by atoms with Gasteiger partial charge in [-0.3, -0.25) is 0 Å². The molecule has 1 aromatic rings. The highest BCUT2D eigenvalue weighted by atomic mass is 16.4. The SMILES string of the molecule is C.N[C@@H](c1ccccc1)[C@H](O)C(=O)O. The number of hydrogen-bond acceptors (Lipinski definition) is 3. The Balaban J connectivity index is 0.00000169. The quantitative estimate of drug-likeness (QED) is 0.668. The van der Waals surface area contributed by atoms with Crippen LogP contribution in [0.3, 0.4) is 0 Å². The van der Waals surface area contributed by atoms with Gasteiger partial charge in [-0.2, -0.15) is 0 Å². The molecule has 0 aliphatic heterocycles. The fourth-order valence-electron chi connectivity index (χ4n) is 1.01. The molecule has 1 rings (SSSR count). The zero-order valence-electron chi connectivity index (χ0n) is 6.92. The van der Waals surface area contributed by atoms with Crippen molar-refractivity contribution in [3.8, 4) is 0 Å². The minimum absolute atomic E-state index is 0. The molecule has 0 spiro atoms. The molecule has 0 aliphatic rings. The normalized spacial score (nSPS) is 13.9. The number of carboxylic acids is 1. The maximum absolute atomic E-state index is 10.4. The molecule has 0 unspecified atom stereocenters. The number of aliphatic hydroxyl groups excluding tert-OH is 1. The van der Waals surface area contributed by atoms with Crippen molar-refractivity contribution in [3.63, 3.8) is 0 Å². The fourth-order valence-corrected chi connectivity index (χ4v) is 1.01. The van der Waals surface area contributed by atoms with Gasteiger partial charge in [-0.1, -0.05) is 37.8 Å². The number of rotatable bonds is 3. The third-order valence-corrected chi connectivity index (χ3v) is 1.78. The van der Waals surface area contributed by atoms with Crippen molar-refractivity contribution in [2.45, 2.75) is 19.6 Å². The van der Waals surface area contributed by atoms with Crippen molar-refractivity contribution < 1.29 is 15.0 Å². The van der Waals surface area contributed by atoms with Crippen LogP contribution in [0.25, 0.3) is 0 Å². The Bertz CT molecular complexity index is 287. The summed E-state index contributed by atoms with van der Waals surface area (Å²) in [5.41, 5.74) is 6.12. The molecule has 2 atom stereocenters. The molecular weight excluding hydrogens is 182 g/mol. The summed E-state index contributed by atoms with van der Waals surface area (Å²) >= 11 is 0. The monoisotopic (exact) mass is 197 g/mol. The smallest absolute Gasteiger partial charge is 0.334 e. The van der Waals surface area contributed by atoms with Crippen LogP contribution in [0.15, 0.2) is 30.3 Å². The lowest BCUT2D eigenvalue weighted by atomic mass is 10.0. The molecule has 4 heteroatoms. The van der Waals surface area contributed by atoms with Crippen LogP contribution in [0.4, 0.5) is 0 Å². The van der Waals surface area contributed by atoms with Crippen molar-refractivity contribution in [2.24, 2.45) is 5.73 Å². The van der Waals surface area contributed by atoms with Crippen LogP contribution in [0.5, 0.6) is 0 Å². The highest BCUT2D eigenvalue weighted by Crippen LogP contribution is 2.13. The second-order valence-corrected chi connectivity index (χ2v) is 2.72. The maximum atomic E-state index is 10.4. The Morgan fingerprint density at radius 2 is 1.79 bits per heavy atom. The Hall–Kier alpha value is -1.39. The second-order valence-electron chi connectivity index (χ2n) is 2.72. The molecule has 0 bridgehead atoms. The van der Waals surface area contributed by atoms with Crippen molar-refractivity contribution in [1.82, 2.24) is 0 Å². The lowest BCUT2D eigenvalue weighted by Crippen LogP contribution is -2.33. The van der Waals surface area contributed by atoms with E-state index in [1.807, 2.05) is 0 Å². The topological polar surface area (TPSA) is 83.5 Å². The second kappa shape index (κ2) is 5.36. The van der Waals surface area contributed by atoms with E-state index in [4.69, 9.17) is 15.9 Å². The predicted molar refractivity (Wildman–Crippen MR) is 53.7 cm³/mol. The van der Waals surface area contributed by atoms with E-state index >= 15 is 0 Å². The van der Waals surface area contributed by atoms with Gasteiger partial charge in [0.15, 0.2) is 6.10 Å². The van der Waals surface area contributed by atoms with Gasteiger partial charge in [-0.25, -0.2) is 4.79 Å². The standard InChI is InChI=1S/C9H11NO3.CH4/c10-7(8(11)9(12)13)6-4-2-1-3-5-6;/h1-5,7-8,11H,10H2,(H,12,13);1H4/t7-,8-;/m0./s1. The zero-order valence-corrected chi connectivity index (χ0v) is 6.92. The molecule has 4 N–H and O–H groups in total. The summed E-state index contributed by atoms with van der Waals surface area (Å²) < 4.78 is 0. The molecule has 14 heavy (non-hydrogen) atoms. The fraction of sp³-hybridized carbons (Fsp3) is 0.300. The molecule has 0 heterocycles. The van der Waals surface area contributed by atoms with Gasteiger partial charge in [-0.05, 0) is 5.56 Å². The first-order valence-corrected chi connectivity index (χ1v) is 3.84. The summed E-state index contributed by atoms with van der Waals surface area (Å²) in [4.78, 5) is 10.4. The van der Waals surface area contributed by atoms with Gasteiger partial charge < -0.3 is 15.9 Å². The number of carbonyl (C=O) groups is 1. The summed E-state index contributed by atoms with van der Waals surface area (Å²) in [6.07, 6.45) is -1.55. The van der Waals surface area contributed by atoms with E-state index in [-0.39, 0.29) is 7.43 Å². The summed E-state index contributed by atoms with van der Waals surface area (Å²) in [7, 11) is 0. The molecule has 0 aliphatic carbocycles. The van der Waals surface area contributed by atoms with Gasteiger partial charge in [0.25, 0.3) is 0 Å². The average Bonchev–Trinajstić information content (AvgIpc) is 2.17. The van der Waals surface area contributed by atoms with Crippen LogP contribution in [-0.4, -0.2) is 22.3 Å². The molecule has 0 saturated carbocycles. The molecule has 0 amide bonds. The van der Waals surface area contributed by atoms with Crippen LogP contribution < -0.4 is 5.73 Å². The molecular formula is C10H15NO3. The lowest BCUT2D eigenvalue weighted by Gasteiger charge is -2.14. The summed E-state index contributed by atoms with van der Waals surface area (Å²) in [6.45, 7) is 0. The number of hydrogen-bond donors (Lipinski definition) is 3. The van der Waals surface area contributed by atoms with E-state index in [1.54, 1.807) is 30.3 Å². The van der Waals surface area contributed by atoms with Gasteiger partial charge in [0, 0.05) is 0 Å². The van der Waals surface area contributed by atoms with Crippen LogP contribution in [0.2, 0.25) is 0 Å². The molecule has 0 saturated heterocycles. The molecule has 4 nitrogen and oxygen atoms in total. The van der Waals surface area contributed by atoms with Crippen molar-refractivity contribution >= 4 is 5.97 Å². The summed E-state index contributed by atoms with van der Waals surface area (Å²) in [5, 5.41) is 17.6. The van der Waals surface area contributed by atoms with Crippen molar-refractivity contribution in [1.29, 1.82) is 0 Å². The van der Waals surface area contributed by atoms with E-state index in [9.17, 15) is 4.79 Å². The van der Waals surface area contributed by atoms with Crippen LogP contribution in [-0.2, 0) is 4.79 Å². The van der Waals surface area contributed by atoms with Crippen molar-refractivity contribution in [2.75, 3.05) is 0 Å². The van der Waals surface area contributed by atoms with Gasteiger partial charge in [0.2, 0.25) is 0 Å². The van der Waals surface area contributed by atoms with E-state index in [1.165, 1.54) is 0 Å². The van der Waals surface area contributed by atoms with Crippen LogP contribution >= 0.6 is 0 Å². The predicted octanol–water partition coefficient (Wildman–Crippen LogP) is 0.768. The first kappa shape index (κ1) is 12.6. The number of nitrogens with two attached hydrogens (primary N) is 1. The first-order valence-electron chi connectivity index (χ1n) is 3.84. The lowest BCUT2D eigenvalue weighted by molar-refractivity contribution is -0.147. The third kappa shape index (κ3) is 2.83. The third-order valence-electron chi connectivity index (χ3n) is 1.78. The van der Waals surface area contributed by atoms with E-state index in [2.05, 4.69) is 0 Å². The first-order chi connectivity index (χ1) is 6.13. The molecule has 0 aromatic heterocycles.